The first-order chi connectivity index (χ1) is 14.8. The van der Waals surface area contributed by atoms with Crippen molar-refractivity contribution in [2.45, 2.75) is 98.4 Å². The SMILES string of the molecule is C[C@H]1CCC[C@@H]2C3CC[C@@]4(C)C(CC[C@@H]4[C@H](C)Cn4cc(C#N)cn4)[C@@H]3CC[C@]2(C)C1. The monoisotopic (exact) mass is 421 g/mol. The average Bonchev–Trinajstić information content (AvgIpc) is 3.28. The van der Waals surface area contributed by atoms with Crippen LogP contribution in [0.4, 0.5) is 0 Å². The standard InChI is InChI=1S/C28H43N3/c1-19-6-5-7-25-22-11-13-28(4)24(20(2)17-31-18-21(15-29)16-30-31)8-9-26(28)23(22)10-12-27(25,3)14-19/h16,18-20,22-26H,5-14,17H2,1-4H3/t19-,20+,22?,23+,24+,25+,26?,27+,28+/m0/s1. The lowest BCUT2D eigenvalue weighted by molar-refractivity contribution is -0.0900. The van der Waals surface area contributed by atoms with Crippen molar-refractivity contribution in [1.82, 2.24) is 9.78 Å². The van der Waals surface area contributed by atoms with Gasteiger partial charge in [0, 0.05) is 12.7 Å². The Morgan fingerprint density at radius 1 is 1.10 bits per heavy atom. The molecule has 0 amide bonds. The Morgan fingerprint density at radius 3 is 2.65 bits per heavy atom. The second kappa shape index (κ2) is 7.93. The molecule has 0 spiro atoms. The van der Waals surface area contributed by atoms with Crippen molar-refractivity contribution in [3.63, 3.8) is 0 Å². The van der Waals surface area contributed by atoms with Crippen LogP contribution in [0.1, 0.15) is 97.5 Å². The van der Waals surface area contributed by atoms with Crippen LogP contribution in [0.15, 0.2) is 12.4 Å². The average molecular weight is 422 g/mol. The molecule has 2 unspecified atom stereocenters. The number of fused-ring (bicyclic) bond motifs is 5. The van der Waals surface area contributed by atoms with Gasteiger partial charge in [0.1, 0.15) is 6.07 Å². The molecule has 0 aromatic carbocycles. The van der Waals surface area contributed by atoms with Gasteiger partial charge in [-0.15, -0.1) is 0 Å². The molecule has 31 heavy (non-hydrogen) atoms. The molecule has 3 nitrogen and oxygen atoms in total. The zero-order valence-electron chi connectivity index (χ0n) is 20.3. The van der Waals surface area contributed by atoms with E-state index in [0.717, 1.165) is 42.1 Å². The molecule has 5 rings (SSSR count). The predicted molar refractivity (Wildman–Crippen MR) is 125 cm³/mol. The number of nitrogens with zero attached hydrogens (tertiary/aromatic N) is 3. The normalized spacial score (nSPS) is 45.6. The van der Waals surface area contributed by atoms with E-state index in [9.17, 15) is 0 Å². The molecule has 0 radical (unpaired) electrons. The van der Waals surface area contributed by atoms with Gasteiger partial charge in [-0.25, -0.2) is 0 Å². The first kappa shape index (κ1) is 21.5. The van der Waals surface area contributed by atoms with E-state index in [1.165, 1.54) is 64.2 Å². The molecular formula is C28H43N3. The minimum atomic E-state index is 0.511. The van der Waals surface area contributed by atoms with Gasteiger partial charge in [0.15, 0.2) is 0 Å². The van der Waals surface area contributed by atoms with Crippen molar-refractivity contribution in [2.24, 2.45) is 52.3 Å². The molecule has 0 aliphatic heterocycles. The Kier molecular flexibility index (Phi) is 5.51. The third kappa shape index (κ3) is 3.57. The highest BCUT2D eigenvalue weighted by molar-refractivity contribution is 5.21. The van der Waals surface area contributed by atoms with Gasteiger partial charge < -0.3 is 0 Å². The van der Waals surface area contributed by atoms with E-state index in [0.29, 0.717) is 22.3 Å². The van der Waals surface area contributed by atoms with Crippen molar-refractivity contribution in [1.29, 1.82) is 5.26 Å². The van der Waals surface area contributed by atoms with Gasteiger partial charge in [-0.1, -0.05) is 40.5 Å². The summed E-state index contributed by atoms with van der Waals surface area (Å²) in [5.74, 6) is 6.28. The maximum Gasteiger partial charge on any atom is 0.102 e. The van der Waals surface area contributed by atoms with Crippen LogP contribution in [0.25, 0.3) is 0 Å². The fourth-order valence-electron chi connectivity index (χ4n) is 9.75. The lowest BCUT2D eigenvalue weighted by Crippen LogP contribution is -2.50. The van der Waals surface area contributed by atoms with E-state index in [4.69, 9.17) is 5.26 Å². The molecule has 9 atom stereocenters. The fraction of sp³-hybridized carbons (Fsp3) is 0.857. The summed E-state index contributed by atoms with van der Waals surface area (Å²) in [4.78, 5) is 0. The van der Waals surface area contributed by atoms with Crippen molar-refractivity contribution >= 4 is 0 Å². The molecule has 1 aromatic rings. The summed E-state index contributed by atoms with van der Waals surface area (Å²) >= 11 is 0. The van der Waals surface area contributed by atoms with Crippen LogP contribution in [0.5, 0.6) is 0 Å². The van der Waals surface area contributed by atoms with E-state index in [-0.39, 0.29) is 0 Å². The third-order valence-corrected chi connectivity index (χ3v) is 11.0. The molecule has 4 aliphatic rings. The maximum absolute atomic E-state index is 9.13. The predicted octanol–water partition coefficient (Wildman–Crippen LogP) is 7.08. The second-order valence-corrected chi connectivity index (χ2v) is 12.7. The number of rotatable bonds is 3. The molecule has 0 N–H and O–H groups in total. The Morgan fingerprint density at radius 2 is 1.87 bits per heavy atom. The van der Waals surface area contributed by atoms with E-state index in [1.807, 2.05) is 10.9 Å². The smallest absolute Gasteiger partial charge is 0.102 e. The van der Waals surface area contributed by atoms with Gasteiger partial charge in [-0.2, -0.15) is 10.4 Å². The third-order valence-electron chi connectivity index (χ3n) is 11.0. The number of aromatic nitrogens is 2. The summed E-state index contributed by atoms with van der Waals surface area (Å²) in [7, 11) is 0. The quantitative estimate of drug-likeness (QED) is 0.523. The molecule has 4 aliphatic carbocycles. The summed E-state index contributed by atoms with van der Waals surface area (Å²) in [5.41, 5.74) is 1.82. The molecule has 4 fully saturated rings. The van der Waals surface area contributed by atoms with Gasteiger partial charge in [0.2, 0.25) is 0 Å². The van der Waals surface area contributed by atoms with Crippen molar-refractivity contribution in [2.75, 3.05) is 0 Å². The highest BCUT2D eigenvalue weighted by Crippen LogP contribution is 2.67. The molecule has 170 valence electrons. The Balaban J connectivity index is 1.33. The molecule has 1 aromatic heterocycles. The minimum absolute atomic E-state index is 0.511. The first-order valence-electron chi connectivity index (χ1n) is 13.3. The van der Waals surface area contributed by atoms with Gasteiger partial charge in [0.25, 0.3) is 0 Å². The van der Waals surface area contributed by atoms with Gasteiger partial charge in [-0.3, -0.25) is 4.68 Å². The number of hydrogen-bond donors (Lipinski definition) is 0. The first-order valence-corrected chi connectivity index (χ1v) is 13.3. The summed E-state index contributed by atoms with van der Waals surface area (Å²) < 4.78 is 2.02. The van der Waals surface area contributed by atoms with Crippen molar-refractivity contribution in [3.05, 3.63) is 18.0 Å². The Labute approximate surface area is 190 Å². The van der Waals surface area contributed by atoms with E-state index >= 15 is 0 Å². The summed E-state index contributed by atoms with van der Waals surface area (Å²) in [6.45, 7) is 11.3. The molecule has 1 heterocycles. The van der Waals surface area contributed by atoms with E-state index in [1.54, 1.807) is 6.20 Å². The maximum atomic E-state index is 9.13. The van der Waals surface area contributed by atoms with Crippen LogP contribution in [-0.2, 0) is 6.54 Å². The minimum Gasteiger partial charge on any atom is -0.271 e. The lowest BCUT2D eigenvalue weighted by atomic mass is 9.47. The Bertz CT molecular complexity index is 836. The van der Waals surface area contributed by atoms with Crippen molar-refractivity contribution < 1.29 is 0 Å². The van der Waals surface area contributed by atoms with Gasteiger partial charge in [-0.05, 0) is 104 Å². The number of nitriles is 1. The molecule has 0 saturated heterocycles. The van der Waals surface area contributed by atoms with Crippen LogP contribution in [0.3, 0.4) is 0 Å². The van der Waals surface area contributed by atoms with E-state index in [2.05, 4.69) is 38.9 Å². The second-order valence-electron chi connectivity index (χ2n) is 12.7. The zero-order valence-corrected chi connectivity index (χ0v) is 20.3. The molecule has 4 saturated carbocycles. The van der Waals surface area contributed by atoms with E-state index < -0.39 is 0 Å². The highest BCUT2D eigenvalue weighted by atomic mass is 15.3. The fourth-order valence-corrected chi connectivity index (χ4v) is 9.75. The molecule has 3 heteroatoms. The zero-order chi connectivity index (χ0) is 21.8. The van der Waals surface area contributed by atoms with Crippen molar-refractivity contribution in [3.8, 4) is 6.07 Å². The molecular weight excluding hydrogens is 378 g/mol. The van der Waals surface area contributed by atoms with Crippen LogP contribution in [0.2, 0.25) is 0 Å². The lowest BCUT2D eigenvalue weighted by Gasteiger charge is -2.58. The largest absolute Gasteiger partial charge is 0.271 e. The van der Waals surface area contributed by atoms with Crippen LogP contribution >= 0.6 is 0 Å². The highest BCUT2D eigenvalue weighted by Gasteiger charge is 2.59. The van der Waals surface area contributed by atoms with Gasteiger partial charge >= 0.3 is 0 Å². The molecule has 0 bridgehead atoms. The van der Waals surface area contributed by atoms with Crippen LogP contribution < -0.4 is 0 Å². The number of hydrogen-bond acceptors (Lipinski definition) is 2. The van der Waals surface area contributed by atoms with Crippen LogP contribution in [-0.4, -0.2) is 9.78 Å². The summed E-state index contributed by atoms with van der Waals surface area (Å²) in [5, 5.41) is 13.6. The Hall–Kier alpha value is -1.30. The van der Waals surface area contributed by atoms with Crippen LogP contribution in [0, 0.1) is 63.6 Å². The van der Waals surface area contributed by atoms with Gasteiger partial charge in [0.05, 0.1) is 11.8 Å². The topological polar surface area (TPSA) is 41.6 Å². The summed E-state index contributed by atoms with van der Waals surface area (Å²) in [6.07, 6.45) is 18.3. The summed E-state index contributed by atoms with van der Waals surface area (Å²) in [6, 6.07) is 2.22.